The first-order valence-electron chi connectivity index (χ1n) is 4.02. The van der Waals surface area contributed by atoms with Crippen LogP contribution in [0.25, 0.3) is 10.9 Å². The second-order valence-corrected chi connectivity index (χ2v) is 6.31. The normalized spacial score (nSPS) is 11.1. The zero-order valence-electron chi connectivity index (χ0n) is 7.05. The highest BCUT2D eigenvalue weighted by Crippen LogP contribution is 2.32. The molecule has 0 amide bonds. The molecule has 0 fully saturated rings. The first-order valence-corrected chi connectivity index (χ1v) is 6.23. The lowest BCUT2D eigenvalue weighted by Crippen LogP contribution is -1.89. The molecule has 0 atom stereocenters. The van der Waals surface area contributed by atoms with E-state index in [0.717, 1.165) is 21.6 Å². The van der Waals surface area contributed by atoms with Crippen LogP contribution < -0.4 is 0 Å². The molecule has 1 aromatic heterocycles. The fourth-order valence-electron chi connectivity index (χ4n) is 1.26. The number of para-hydroxylation sites is 1. The van der Waals surface area contributed by atoms with E-state index in [2.05, 4.69) is 36.8 Å². The fourth-order valence-corrected chi connectivity index (χ4v) is 2.00. The van der Waals surface area contributed by atoms with Crippen LogP contribution in [0.3, 0.4) is 0 Å². The van der Waals surface area contributed by atoms with Crippen LogP contribution in [-0.2, 0) is 0 Å². The molecule has 0 aliphatic carbocycles. The monoisotopic (exact) mass is 333 g/mol. The number of halogens is 3. The van der Waals surface area contributed by atoms with Crippen molar-refractivity contribution in [1.29, 1.82) is 0 Å². The van der Waals surface area contributed by atoms with E-state index in [1.54, 1.807) is 0 Å². The summed E-state index contributed by atoms with van der Waals surface area (Å²) in [5.41, 5.74) is 1.80. The van der Waals surface area contributed by atoms with Crippen LogP contribution in [0.2, 0.25) is 5.02 Å². The molecule has 4 heteroatoms. The van der Waals surface area contributed by atoms with E-state index in [1.165, 1.54) is 0 Å². The lowest BCUT2D eigenvalue weighted by molar-refractivity contribution is 1.23. The van der Waals surface area contributed by atoms with Gasteiger partial charge in [0.05, 0.1) is 16.2 Å². The van der Waals surface area contributed by atoms with Gasteiger partial charge in [-0.1, -0.05) is 61.7 Å². The third-order valence-corrected chi connectivity index (χ3v) is 3.16. The Hall–Kier alpha value is -0.120. The maximum Gasteiger partial charge on any atom is 0.112 e. The Bertz CT molecular complexity index is 471. The van der Waals surface area contributed by atoms with Gasteiger partial charge in [-0.15, -0.1) is 0 Å². The molecule has 1 heterocycles. The summed E-state index contributed by atoms with van der Waals surface area (Å²) in [6, 6.07) is 9.68. The van der Waals surface area contributed by atoms with Crippen LogP contribution in [0.1, 0.15) is 9.43 Å². The van der Waals surface area contributed by atoms with E-state index in [-0.39, 0.29) is 3.74 Å². The van der Waals surface area contributed by atoms with Gasteiger partial charge in [0.15, 0.2) is 0 Å². The van der Waals surface area contributed by atoms with Crippen LogP contribution in [-0.4, -0.2) is 4.98 Å². The van der Waals surface area contributed by atoms with Gasteiger partial charge in [-0.05, 0) is 12.1 Å². The molecule has 0 spiro atoms. The van der Waals surface area contributed by atoms with E-state index < -0.39 is 0 Å². The number of pyridine rings is 1. The van der Waals surface area contributed by atoms with Crippen molar-refractivity contribution in [3.63, 3.8) is 0 Å². The van der Waals surface area contributed by atoms with Crippen LogP contribution in [0.4, 0.5) is 0 Å². The summed E-state index contributed by atoms with van der Waals surface area (Å²) in [6.45, 7) is 0. The zero-order valence-corrected chi connectivity index (χ0v) is 11.0. The van der Waals surface area contributed by atoms with E-state index in [1.807, 2.05) is 30.3 Å². The van der Waals surface area contributed by atoms with Gasteiger partial charge >= 0.3 is 0 Å². The van der Waals surface area contributed by atoms with Crippen LogP contribution >= 0.6 is 43.5 Å². The van der Waals surface area contributed by atoms with E-state index in [4.69, 9.17) is 11.6 Å². The van der Waals surface area contributed by atoms with Gasteiger partial charge in [0.25, 0.3) is 0 Å². The average Bonchev–Trinajstić information content (AvgIpc) is 2.17. The summed E-state index contributed by atoms with van der Waals surface area (Å²) in [4.78, 5) is 4.46. The van der Waals surface area contributed by atoms with Gasteiger partial charge in [-0.2, -0.15) is 0 Å². The summed E-state index contributed by atoms with van der Waals surface area (Å²) in [5.74, 6) is 0. The van der Waals surface area contributed by atoms with Crippen molar-refractivity contribution in [2.45, 2.75) is 3.74 Å². The molecular formula is C10H6Br2ClN. The standard InChI is InChI=1S/C10H6Br2ClN/c11-10(12)9-5-7(13)6-3-1-2-4-8(6)14-9/h1-5,10H. The summed E-state index contributed by atoms with van der Waals surface area (Å²) in [5, 5.41) is 1.72. The summed E-state index contributed by atoms with van der Waals surface area (Å²) < 4.78 is 0.0390. The molecule has 0 bridgehead atoms. The first-order chi connectivity index (χ1) is 6.68. The number of fused-ring (bicyclic) bond motifs is 1. The largest absolute Gasteiger partial charge is 0.251 e. The third kappa shape index (κ3) is 1.95. The molecule has 0 saturated heterocycles. The molecule has 0 saturated carbocycles. The minimum atomic E-state index is 0.0390. The molecule has 0 aliphatic heterocycles. The van der Waals surface area contributed by atoms with Crippen molar-refractivity contribution in [2.24, 2.45) is 0 Å². The molecule has 0 radical (unpaired) electrons. The molecule has 0 aliphatic rings. The molecule has 0 N–H and O–H groups in total. The van der Waals surface area contributed by atoms with Gasteiger partial charge in [0, 0.05) is 5.39 Å². The number of hydrogen-bond acceptors (Lipinski definition) is 1. The number of rotatable bonds is 1. The Labute approximate surface area is 104 Å². The quantitative estimate of drug-likeness (QED) is 0.690. The van der Waals surface area contributed by atoms with Gasteiger partial charge in [0.2, 0.25) is 0 Å². The number of alkyl halides is 2. The van der Waals surface area contributed by atoms with Crippen molar-refractivity contribution < 1.29 is 0 Å². The van der Waals surface area contributed by atoms with Crippen LogP contribution in [0.5, 0.6) is 0 Å². The summed E-state index contributed by atoms with van der Waals surface area (Å²) >= 11 is 12.9. The Balaban J connectivity index is 2.72. The van der Waals surface area contributed by atoms with E-state index in [0.29, 0.717) is 0 Å². The van der Waals surface area contributed by atoms with Crippen LogP contribution in [0, 0.1) is 0 Å². The van der Waals surface area contributed by atoms with Crippen molar-refractivity contribution in [1.82, 2.24) is 4.98 Å². The molecule has 2 aromatic rings. The Morgan fingerprint density at radius 1 is 1.21 bits per heavy atom. The highest BCUT2D eigenvalue weighted by Gasteiger charge is 2.08. The number of aromatic nitrogens is 1. The van der Waals surface area contributed by atoms with Gasteiger partial charge in [-0.25, -0.2) is 0 Å². The highest BCUT2D eigenvalue weighted by molar-refractivity contribution is 9.24. The maximum absolute atomic E-state index is 6.12. The summed E-state index contributed by atoms with van der Waals surface area (Å²) in [7, 11) is 0. The maximum atomic E-state index is 6.12. The van der Waals surface area contributed by atoms with Gasteiger partial charge in [-0.3, -0.25) is 4.98 Å². The lowest BCUT2D eigenvalue weighted by atomic mass is 10.2. The third-order valence-electron chi connectivity index (χ3n) is 1.91. The average molecular weight is 335 g/mol. The predicted octanol–water partition coefficient (Wildman–Crippen LogP) is 4.68. The number of nitrogens with zero attached hydrogens (tertiary/aromatic N) is 1. The summed E-state index contributed by atoms with van der Waals surface area (Å²) in [6.07, 6.45) is 0. The predicted molar refractivity (Wildman–Crippen MR) is 67.3 cm³/mol. The SMILES string of the molecule is Clc1cc(C(Br)Br)nc2ccccc12. The highest BCUT2D eigenvalue weighted by atomic mass is 79.9. The molecule has 14 heavy (non-hydrogen) atoms. The topological polar surface area (TPSA) is 12.9 Å². The lowest BCUT2D eigenvalue weighted by Gasteiger charge is -2.05. The fraction of sp³-hybridized carbons (Fsp3) is 0.100. The second kappa shape index (κ2) is 4.17. The van der Waals surface area contributed by atoms with Crippen molar-refractivity contribution in [2.75, 3.05) is 0 Å². The Kier molecular flexibility index (Phi) is 3.10. The number of benzene rings is 1. The van der Waals surface area contributed by atoms with Gasteiger partial charge in [0.1, 0.15) is 3.74 Å². The molecule has 1 aromatic carbocycles. The second-order valence-electron chi connectivity index (χ2n) is 2.85. The molecule has 72 valence electrons. The van der Waals surface area contributed by atoms with Crippen molar-refractivity contribution >= 4 is 54.4 Å². The van der Waals surface area contributed by atoms with E-state index in [9.17, 15) is 0 Å². The minimum Gasteiger partial charge on any atom is -0.251 e. The minimum absolute atomic E-state index is 0.0390. The van der Waals surface area contributed by atoms with Crippen LogP contribution in [0.15, 0.2) is 30.3 Å². The van der Waals surface area contributed by atoms with Gasteiger partial charge < -0.3 is 0 Å². The molecular weight excluding hydrogens is 329 g/mol. The number of hydrogen-bond donors (Lipinski definition) is 0. The smallest absolute Gasteiger partial charge is 0.112 e. The Morgan fingerprint density at radius 2 is 1.93 bits per heavy atom. The molecule has 2 rings (SSSR count). The zero-order chi connectivity index (χ0) is 10.1. The van der Waals surface area contributed by atoms with Crippen molar-refractivity contribution in [3.8, 4) is 0 Å². The molecule has 1 nitrogen and oxygen atoms in total. The first kappa shape index (κ1) is 10.4. The van der Waals surface area contributed by atoms with E-state index >= 15 is 0 Å². The Morgan fingerprint density at radius 3 is 2.64 bits per heavy atom. The molecule has 0 unspecified atom stereocenters. The van der Waals surface area contributed by atoms with Crippen molar-refractivity contribution in [3.05, 3.63) is 41.0 Å².